The third kappa shape index (κ3) is 4.14. The minimum absolute atomic E-state index is 0.0381. The van der Waals surface area contributed by atoms with Crippen LogP contribution in [-0.2, 0) is 6.18 Å². The average Bonchev–Trinajstić information content (AvgIpc) is 2.24. The van der Waals surface area contributed by atoms with Gasteiger partial charge < -0.3 is 15.6 Å². The lowest BCUT2D eigenvalue weighted by Crippen LogP contribution is -2.07. The first-order chi connectivity index (χ1) is 7.95. The minimum Gasteiger partial charge on any atom is -0.491 e. The minimum atomic E-state index is -4.40. The van der Waals surface area contributed by atoms with Crippen LogP contribution in [0.15, 0.2) is 18.2 Å². The van der Waals surface area contributed by atoms with Gasteiger partial charge in [0.2, 0.25) is 0 Å². The fraction of sp³-hybridized carbons (Fsp3) is 0.455. The van der Waals surface area contributed by atoms with Gasteiger partial charge in [0.15, 0.2) is 0 Å². The van der Waals surface area contributed by atoms with Gasteiger partial charge in [0.1, 0.15) is 5.75 Å². The Labute approximate surface area is 97.0 Å². The fourth-order valence-electron chi connectivity index (χ4n) is 1.25. The summed E-state index contributed by atoms with van der Waals surface area (Å²) in [5.74, 6) is 0.232. The molecule has 0 unspecified atom stereocenters. The average molecular weight is 249 g/mol. The van der Waals surface area contributed by atoms with E-state index in [2.05, 4.69) is 0 Å². The van der Waals surface area contributed by atoms with E-state index in [1.807, 2.05) is 0 Å². The number of aliphatic hydroxyl groups is 1. The van der Waals surface area contributed by atoms with Crippen LogP contribution in [0.3, 0.4) is 0 Å². The van der Waals surface area contributed by atoms with Gasteiger partial charge >= 0.3 is 6.18 Å². The molecule has 1 aromatic carbocycles. The predicted octanol–water partition coefficient (Wildman–Crippen LogP) is 2.44. The molecule has 3 N–H and O–H groups in total. The summed E-state index contributed by atoms with van der Waals surface area (Å²) < 4.78 is 42.2. The highest BCUT2D eigenvalue weighted by atomic mass is 19.4. The molecular weight excluding hydrogens is 235 g/mol. The lowest BCUT2D eigenvalue weighted by molar-refractivity contribution is -0.137. The third-order valence-corrected chi connectivity index (χ3v) is 2.15. The van der Waals surface area contributed by atoms with E-state index >= 15 is 0 Å². The smallest absolute Gasteiger partial charge is 0.416 e. The molecule has 96 valence electrons. The molecule has 0 aliphatic heterocycles. The molecule has 0 fully saturated rings. The molecule has 3 nitrogen and oxygen atoms in total. The molecule has 0 saturated carbocycles. The largest absolute Gasteiger partial charge is 0.491 e. The Morgan fingerprint density at radius 2 is 1.94 bits per heavy atom. The first kappa shape index (κ1) is 13.6. The van der Waals surface area contributed by atoms with Crippen LogP contribution < -0.4 is 10.5 Å². The topological polar surface area (TPSA) is 55.5 Å². The highest BCUT2D eigenvalue weighted by molar-refractivity contribution is 5.54. The van der Waals surface area contributed by atoms with E-state index in [9.17, 15) is 13.2 Å². The molecule has 17 heavy (non-hydrogen) atoms. The van der Waals surface area contributed by atoms with E-state index in [0.717, 1.165) is 12.1 Å². The maximum atomic E-state index is 12.3. The van der Waals surface area contributed by atoms with Gasteiger partial charge in [0.05, 0.1) is 17.9 Å². The molecule has 0 radical (unpaired) electrons. The second-order valence-electron chi connectivity index (χ2n) is 3.53. The maximum Gasteiger partial charge on any atom is 0.416 e. The molecule has 0 atom stereocenters. The van der Waals surface area contributed by atoms with E-state index in [1.54, 1.807) is 0 Å². The lowest BCUT2D eigenvalue weighted by atomic mass is 10.2. The van der Waals surface area contributed by atoms with E-state index in [-0.39, 0.29) is 18.0 Å². The van der Waals surface area contributed by atoms with E-state index in [4.69, 9.17) is 15.6 Å². The highest BCUT2D eigenvalue weighted by Crippen LogP contribution is 2.33. The van der Waals surface area contributed by atoms with Gasteiger partial charge in [-0.1, -0.05) is 0 Å². The summed E-state index contributed by atoms with van der Waals surface area (Å²) in [5, 5.41) is 8.54. The Kier molecular flexibility index (Phi) is 4.62. The van der Waals surface area contributed by atoms with Crippen molar-refractivity contribution in [3.8, 4) is 5.75 Å². The van der Waals surface area contributed by atoms with Crippen LogP contribution in [-0.4, -0.2) is 18.3 Å². The number of nitrogen functional groups attached to an aromatic ring is 1. The van der Waals surface area contributed by atoms with Crippen molar-refractivity contribution in [2.24, 2.45) is 0 Å². The zero-order chi connectivity index (χ0) is 12.9. The van der Waals surface area contributed by atoms with Crippen LogP contribution >= 0.6 is 0 Å². The number of anilines is 1. The quantitative estimate of drug-likeness (QED) is 0.622. The number of ether oxygens (including phenoxy) is 1. The molecular formula is C11H14F3NO2. The Hall–Kier alpha value is -1.43. The van der Waals surface area contributed by atoms with Gasteiger partial charge in [-0.25, -0.2) is 0 Å². The standard InChI is InChI=1S/C11H14F3NO2/c12-11(13,14)8-3-4-10(9(15)7-8)17-6-2-1-5-16/h3-4,7,16H,1-2,5-6,15H2. The zero-order valence-electron chi connectivity index (χ0n) is 9.13. The number of halogens is 3. The zero-order valence-corrected chi connectivity index (χ0v) is 9.13. The Morgan fingerprint density at radius 1 is 1.24 bits per heavy atom. The number of hydrogen-bond acceptors (Lipinski definition) is 3. The molecule has 0 aliphatic carbocycles. The molecule has 6 heteroatoms. The normalized spacial score (nSPS) is 11.5. The molecule has 0 spiro atoms. The number of unbranched alkanes of at least 4 members (excludes halogenated alkanes) is 1. The number of benzene rings is 1. The van der Waals surface area contributed by atoms with Crippen molar-refractivity contribution in [1.82, 2.24) is 0 Å². The fourth-order valence-corrected chi connectivity index (χ4v) is 1.25. The van der Waals surface area contributed by atoms with Gasteiger partial charge in [-0.3, -0.25) is 0 Å². The van der Waals surface area contributed by atoms with Crippen LogP contribution in [0, 0.1) is 0 Å². The van der Waals surface area contributed by atoms with Gasteiger partial charge in [0, 0.05) is 6.61 Å². The summed E-state index contributed by atoms with van der Waals surface area (Å²) in [6.07, 6.45) is -3.19. The summed E-state index contributed by atoms with van der Waals surface area (Å²) in [6, 6.07) is 2.98. The monoisotopic (exact) mass is 249 g/mol. The maximum absolute atomic E-state index is 12.3. The highest BCUT2D eigenvalue weighted by Gasteiger charge is 2.30. The van der Waals surface area contributed by atoms with Gasteiger partial charge in [-0.15, -0.1) is 0 Å². The van der Waals surface area contributed by atoms with Crippen molar-refractivity contribution in [2.75, 3.05) is 18.9 Å². The molecule has 1 rings (SSSR count). The summed E-state index contributed by atoms with van der Waals surface area (Å²) in [4.78, 5) is 0. The molecule has 0 bridgehead atoms. The summed E-state index contributed by atoms with van der Waals surface area (Å²) in [7, 11) is 0. The third-order valence-electron chi connectivity index (χ3n) is 2.15. The summed E-state index contributed by atoms with van der Waals surface area (Å²) in [6.45, 7) is 0.377. The van der Waals surface area contributed by atoms with E-state index in [0.29, 0.717) is 19.4 Å². The summed E-state index contributed by atoms with van der Waals surface area (Å²) in [5.41, 5.74) is 4.63. The SMILES string of the molecule is Nc1cc(C(F)(F)F)ccc1OCCCCO. The van der Waals surface area contributed by atoms with Crippen molar-refractivity contribution in [2.45, 2.75) is 19.0 Å². The van der Waals surface area contributed by atoms with Crippen LogP contribution in [0.1, 0.15) is 18.4 Å². The van der Waals surface area contributed by atoms with Crippen molar-refractivity contribution < 1.29 is 23.0 Å². The van der Waals surface area contributed by atoms with Crippen molar-refractivity contribution in [3.05, 3.63) is 23.8 Å². The molecule has 0 heterocycles. The molecule has 1 aromatic rings. The summed E-state index contributed by atoms with van der Waals surface area (Å²) >= 11 is 0. The number of aliphatic hydroxyl groups excluding tert-OH is 1. The van der Waals surface area contributed by atoms with Gasteiger partial charge in [0.25, 0.3) is 0 Å². The number of hydrogen-bond donors (Lipinski definition) is 2. The van der Waals surface area contributed by atoms with Crippen LogP contribution in [0.2, 0.25) is 0 Å². The number of alkyl halides is 3. The van der Waals surface area contributed by atoms with Crippen LogP contribution in [0.4, 0.5) is 18.9 Å². The van der Waals surface area contributed by atoms with Crippen molar-refractivity contribution in [3.63, 3.8) is 0 Å². The second kappa shape index (κ2) is 5.77. The first-order valence-electron chi connectivity index (χ1n) is 5.15. The van der Waals surface area contributed by atoms with Crippen LogP contribution in [0.5, 0.6) is 5.75 Å². The van der Waals surface area contributed by atoms with Crippen molar-refractivity contribution >= 4 is 5.69 Å². The van der Waals surface area contributed by atoms with Crippen LogP contribution in [0.25, 0.3) is 0 Å². The molecule has 0 aromatic heterocycles. The second-order valence-corrected chi connectivity index (χ2v) is 3.53. The van der Waals surface area contributed by atoms with Gasteiger partial charge in [-0.2, -0.15) is 13.2 Å². The molecule has 0 amide bonds. The predicted molar refractivity (Wildman–Crippen MR) is 57.7 cm³/mol. The van der Waals surface area contributed by atoms with Gasteiger partial charge in [-0.05, 0) is 31.0 Å². The Morgan fingerprint density at radius 3 is 2.47 bits per heavy atom. The Bertz CT molecular complexity index is 366. The van der Waals surface area contributed by atoms with E-state index < -0.39 is 11.7 Å². The molecule has 0 saturated heterocycles. The molecule has 0 aliphatic rings. The van der Waals surface area contributed by atoms with Crippen molar-refractivity contribution in [1.29, 1.82) is 0 Å². The lowest BCUT2D eigenvalue weighted by Gasteiger charge is -2.11. The first-order valence-corrected chi connectivity index (χ1v) is 5.15. The van der Waals surface area contributed by atoms with E-state index in [1.165, 1.54) is 6.07 Å². The Balaban J connectivity index is 2.64. The number of rotatable bonds is 5. The number of nitrogens with two attached hydrogens (primary N) is 1.